The molecule has 2 atom stereocenters. The van der Waals surface area contributed by atoms with Crippen LogP contribution >= 0.6 is 0 Å². The largest absolute Gasteiger partial charge is 0.372 e. The number of nitrogens with zero attached hydrogens (tertiary/aromatic N) is 2. The lowest BCUT2D eigenvalue weighted by molar-refractivity contribution is -0.138. The van der Waals surface area contributed by atoms with Crippen molar-refractivity contribution in [3.8, 4) is 0 Å². The van der Waals surface area contributed by atoms with Crippen molar-refractivity contribution in [3.63, 3.8) is 0 Å². The van der Waals surface area contributed by atoms with Gasteiger partial charge in [-0.25, -0.2) is 8.78 Å². The van der Waals surface area contributed by atoms with Gasteiger partial charge in [-0.2, -0.15) is 0 Å². The summed E-state index contributed by atoms with van der Waals surface area (Å²) in [5.74, 6) is 0.249. The minimum atomic E-state index is -0.265. The normalized spacial score (nSPS) is 15.6. The van der Waals surface area contributed by atoms with E-state index >= 15 is 0 Å². The molecule has 0 bridgehead atoms. The summed E-state index contributed by atoms with van der Waals surface area (Å²) < 4.78 is 27.5. The third-order valence-electron chi connectivity index (χ3n) is 8.09. The maximum Gasteiger partial charge on any atom is 0.223 e. The third-order valence-corrected chi connectivity index (χ3v) is 8.09. The summed E-state index contributed by atoms with van der Waals surface area (Å²) in [6.07, 6.45) is 12.4. The smallest absolute Gasteiger partial charge is 0.223 e. The molecule has 2 amide bonds. The van der Waals surface area contributed by atoms with Gasteiger partial charge in [-0.3, -0.25) is 14.5 Å². The molecule has 2 aromatic carbocycles. The Labute approximate surface area is 260 Å². The lowest BCUT2D eigenvalue weighted by Crippen LogP contribution is -2.56. The highest BCUT2D eigenvalue weighted by Crippen LogP contribution is 2.33. The van der Waals surface area contributed by atoms with Gasteiger partial charge in [0.25, 0.3) is 0 Å². The van der Waals surface area contributed by atoms with Crippen molar-refractivity contribution < 1.29 is 18.4 Å². The highest BCUT2D eigenvalue weighted by Gasteiger charge is 2.34. The van der Waals surface area contributed by atoms with E-state index in [2.05, 4.69) is 36.3 Å². The second-order valence-electron chi connectivity index (χ2n) is 11.2. The van der Waals surface area contributed by atoms with Crippen molar-refractivity contribution in [1.82, 2.24) is 9.80 Å². The van der Waals surface area contributed by atoms with E-state index in [1.165, 1.54) is 49.9 Å². The Balaban J connectivity index is 0.00000174. The topological polar surface area (TPSA) is 66.6 Å². The molecular weight excluding hydrogens is 544 g/mol. The van der Waals surface area contributed by atoms with Crippen LogP contribution in [0.5, 0.6) is 0 Å². The standard InChI is InChI=1S/C33H48F2N2O.C2H6.CH3NO/c1-4-7-9-10-12-26(11-6-3)24-32(38)37-23-22-36(25-31(37)13-8-5-2)33(27-14-18-29(34)19-15-27)28-16-20-30(35)21-17-28;1-2;2-1-3/h14-21,26,31,33H,4-13,22-25H2,1-3H3;1-2H3;1H,(H2,2,3). The Kier molecular flexibility index (Phi) is 20.2. The molecule has 0 radical (unpaired) electrons. The fraction of sp³-hybridized carbons (Fsp3) is 0.611. The van der Waals surface area contributed by atoms with E-state index in [1.807, 2.05) is 38.1 Å². The van der Waals surface area contributed by atoms with Gasteiger partial charge in [0.2, 0.25) is 12.3 Å². The van der Waals surface area contributed by atoms with Crippen molar-refractivity contribution in [1.29, 1.82) is 0 Å². The molecule has 7 heteroatoms. The molecule has 1 fully saturated rings. The van der Waals surface area contributed by atoms with Gasteiger partial charge in [0.05, 0.1) is 6.04 Å². The maximum atomic E-state index is 13.8. The van der Waals surface area contributed by atoms with Gasteiger partial charge < -0.3 is 10.6 Å². The highest BCUT2D eigenvalue weighted by molar-refractivity contribution is 5.77. The average Bonchev–Trinajstić information content (AvgIpc) is 3.01. The molecule has 0 aliphatic carbocycles. The van der Waals surface area contributed by atoms with Crippen LogP contribution in [-0.2, 0) is 9.59 Å². The minimum Gasteiger partial charge on any atom is -0.372 e. The monoisotopic (exact) mass is 601 g/mol. The zero-order valence-corrected chi connectivity index (χ0v) is 27.4. The van der Waals surface area contributed by atoms with Gasteiger partial charge in [0, 0.05) is 32.1 Å². The fourth-order valence-corrected chi connectivity index (χ4v) is 6.01. The number of rotatable bonds is 15. The number of unbranched alkanes of at least 4 members (excludes halogenated alkanes) is 4. The first-order chi connectivity index (χ1) is 20.9. The molecule has 1 heterocycles. The molecule has 1 aliphatic heterocycles. The maximum absolute atomic E-state index is 13.8. The third kappa shape index (κ3) is 13.6. The first-order valence-electron chi connectivity index (χ1n) is 16.6. The number of piperazine rings is 1. The summed E-state index contributed by atoms with van der Waals surface area (Å²) in [5.41, 5.74) is 6.14. The van der Waals surface area contributed by atoms with Gasteiger partial charge in [-0.15, -0.1) is 0 Å². The SMILES string of the molecule is CC.CCCCCCC(CCC)CC(=O)N1CCN(C(c2ccc(F)cc2)c2ccc(F)cc2)CC1CCCC.NC=O. The summed E-state index contributed by atoms with van der Waals surface area (Å²) in [4.78, 5) is 26.8. The quantitative estimate of drug-likeness (QED) is 0.164. The summed E-state index contributed by atoms with van der Waals surface area (Å²) in [5, 5.41) is 0. The predicted molar refractivity (Wildman–Crippen MR) is 175 cm³/mol. The number of amides is 2. The Hall–Kier alpha value is -2.80. The Morgan fingerprint density at radius 1 is 0.837 bits per heavy atom. The molecule has 3 rings (SSSR count). The van der Waals surface area contributed by atoms with E-state index < -0.39 is 0 Å². The van der Waals surface area contributed by atoms with Crippen LogP contribution in [0.1, 0.15) is 122 Å². The Morgan fingerprint density at radius 2 is 1.37 bits per heavy atom. The van der Waals surface area contributed by atoms with Gasteiger partial charge in [0.15, 0.2) is 0 Å². The second-order valence-corrected chi connectivity index (χ2v) is 11.2. The Bertz CT molecular complexity index is 955. The molecule has 2 unspecified atom stereocenters. The molecule has 0 aromatic heterocycles. The van der Waals surface area contributed by atoms with Crippen LogP contribution in [0.2, 0.25) is 0 Å². The van der Waals surface area contributed by atoms with Gasteiger partial charge >= 0.3 is 0 Å². The number of benzene rings is 2. The molecule has 1 aliphatic rings. The summed E-state index contributed by atoms with van der Waals surface area (Å²) >= 11 is 0. The van der Waals surface area contributed by atoms with Crippen LogP contribution in [0.3, 0.4) is 0 Å². The highest BCUT2D eigenvalue weighted by atomic mass is 19.1. The first-order valence-corrected chi connectivity index (χ1v) is 16.6. The van der Waals surface area contributed by atoms with Gasteiger partial charge in [0.1, 0.15) is 11.6 Å². The molecular formula is C36H57F2N3O2. The van der Waals surface area contributed by atoms with E-state index in [4.69, 9.17) is 4.79 Å². The molecule has 1 saturated heterocycles. The predicted octanol–water partition coefficient (Wildman–Crippen LogP) is 8.66. The number of hydrogen-bond donors (Lipinski definition) is 1. The minimum absolute atomic E-state index is 0.107. The number of primary amides is 1. The van der Waals surface area contributed by atoms with Crippen molar-refractivity contribution >= 4 is 12.3 Å². The zero-order valence-electron chi connectivity index (χ0n) is 27.4. The summed E-state index contributed by atoms with van der Waals surface area (Å²) in [6, 6.07) is 13.3. The number of hydrogen-bond acceptors (Lipinski definition) is 3. The molecule has 5 nitrogen and oxygen atoms in total. The van der Waals surface area contributed by atoms with Crippen LogP contribution in [0.4, 0.5) is 8.78 Å². The van der Waals surface area contributed by atoms with E-state index in [-0.39, 0.29) is 30.1 Å². The number of carbonyl (C=O) groups is 2. The molecule has 43 heavy (non-hydrogen) atoms. The van der Waals surface area contributed by atoms with Crippen molar-refractivity contribution in [2.45, 2.75) is 117 Å². The molecule has 0 spiro atoms. The Morgan fingerprint density at radius 3 is 1.86 bits per heavy atom. The van der Waals surface area contributed by atoms with Crippen LogP contribution in [0.15, 0.2) is 48.5 Å². The fourth-order valence-electron chi connectivity index (χ4n) is 6.01. The zero-order chi connectivity index (χ0) is 32.0. The summed E-state index contributed by atoms with van der Waals surface area (Å²) in [6.45, 7) is 12.8. The van der Waals surface area contributed by atoms with Crippen LogP contribution in [-0.4, -0.2) is 47.8 Å². The lowest BCUT2D eigenvalue weighted by Gasteiger charge is -2.45. The van der Waals surface area contributed by atoms with Crippen molar-refractivity contribution in [3.05, 3.63) is 71.3 Å². The second kappa shape index (κ2) is 22.7. The number of halogens is 2. The van der Waals surface area contributed by atoms with E-state index in [1.54, 1.807) is 0 Å². The molecule has 0 saturated carbocycles. The van der Waals surface area contributed by atoms with E-state index in [0.717, 1.165) is 62.7 Å². The average molecular weight is 602 g/mol. The summed E-state index contributed by atoms with van der Waals surface area (Å²) in [7, 11) is 0. The van der Waals surface area contributed by atoms with Crippen LogP contribution in [0.25, 0.3) is 0 Å². The number of carbonyl (C=O) groups excluding carboxylic acids is 2. The molecule has 242 valence electrons. The lowest BCUT2D eigenvalue weighted by atomic mass is 9.91. The van der Waals surface area contributed by atoms with Gasteiger partial charge in [-0.1, -0.05) is 110 Å². The first kappa shape index (κ1) is 38.2. The molecule has 2 aromatic rings. The number of nitrogens with two attached hydrogens (primary N) is 1. The van der Waals surface area contributed by atoms with Crippen molar-refractivity contribution in [2.75, 3.05) is 19.6 Å². The van der Waals surface area contributed by atoms with Gasteiger partial charge in [-0.05, 0) is 54.2 Å². The van der Waals surface area contributed by atoms with E-state index in [9.17, 15) is 13.6 Å². The molecule has 2 N–H and O–H groups in total. The van der Waals surface area contributed by atoms with Crippen LogP contribution < -0.4 is 5.73 Å². The van der Waals surface area contributed by atoms with Crippen molar-refractivity contribution in [2.24, 2.45) is 11.7 Å². The van der Waals surface area contributed by atoms with Crippen LogP contribution in [0, 0.1) is 17.6 Å². The van der Waals surface area contributed by atoms with E-state index in [0.29, 0.717) is 24.8 Å².